The van der Waals surface area contributed by atoms with Gasteiger partial charge in [0.1, 0.15) is 17.5 Å². The maximum Gasteiger partial charge on any atom is 0.212 e. The van der Waals surface area contributed by atoms with Crippen LogP contribution in [-0.2, 0) is 0 Å². The van der Waals surface area contributed by atoms with Gasteiger partial charge in [0.05, 0.1) is 11.9 Å². The Kier molecular flexibility index (Phi) is 3.07. The molecule has 2 heterocycles. The minimum Gasteiger partial charge on any atom is -0.382 e. The van der Waals surface area contributed by atoms with Crippen molar-refractivity contribution in [3.8, 4) is 22.5 Å². The maximum atomic E-state index is 8.96. The Hall–Kier alpha value is -3.17. The molecule has 0 unspecified atom stereocenters. The van der Waals surface area contributed by atoms with E-state index in [1.54, 1.807) is 0 Å². The van der Waals surface area contributed by atoms with E-state index >= 15 is 0 Å². The predicted octanol–water partition coefficient (Wildman–Crippen LogP) is 3.60. The van der Waals surface area contributed by atoms with Crippen molar-refractivity contribution in [3.63, 3.8) is 0 Å². The van der Waals surface area contributed by atoms with Crippen LogP contribution in [0.5, 0.6) is 0 Å². The first-order chi connectivity index (χ1) is 11.3. The fraction of sp³-hybridized carbons (Fsp3) is 0. The highest BCUT2D eigenvalue weighted by atomic mass is 32.1. The SMILES string of the molecule is N#Cc1cnn(-c2nc(-c3ccc4ccccc4c3)cs2)c1N. The van der Waals surface area contributed by atoms with Gasteiger partial charge in [-0.25, -0.2) is 4.98 Å². The second-order valence-electron chi connectivity index (χ2n) is 5.04. The smallest absolute Gasteiger partial charge is 0.212 e. The number of nitriles is 1. The standard InChI is InChI=1S/C17H11N5S/c18-8-14-9-20-22(16(14)19)17-21-15(10-23-17)13-6-5-11-3-1-2-4-12(11)7-13/h1-7,9-10H,19H2. The lowest BCUT2D eigenvalue weighted by Gasteiger charge is -2.01. The minimum absolute atomic E-state index is 0.312. The maximum absolute atomic E-state index is 8.96. The van der Waals surface area contributed by atoms with E-state index in [1.807, 2.05) is 29.6 Å². The van der Waals surface area contributed by atoms with Crippen LogP contribution in [0.1, 0.15) is 5.56 Å². The van der Waals surface area contributed by atoms with E-state index in [4.69, 9.17) is 11.0 Å². The third-order valence-electron chi connectivity index (χ3n) is 3.65. The molecule has 0 atom stereocenters. The van der Waals surface area contributed by atoms with Gasteiger partial charge in [0, 0.05) is 10.9 Å². The van der Waals surface area contributed by atoms with Crippen LogP contribution < -0.4 is 5.73 Å². The summed E-state index contributed by atoms with van der Waals surface area (Å²) in [5, 5.41) is 18.1. The van der Waals surface area contributed by atoms with Gasteiger partial charge in [-0.1, -0.05) is 36.4 Å². The predicted molar refractivity (Wildman–Crippen MR) is 91.3 cm³/mol. The van der Waals surface area contributed by atoms with Gasteiger partial charge in [0.2, 0.25) is 5.13 Å². The lowest BCUT2D eigenvalue weighted by atomic mass is 10.1. The Morgan fingerprint density at radius 1 is 1.13 bits per heavy atom. The molecule has 2 aromatic carbocycles. The molecule has 0 fully saturated rings. The minimum atomic E-state index is 0.312. The lowest BCUT2D eigenvalue weighted by molar-refractivity contribution is 0.881. The average molecular weight is 317 g/mol. The van der Waals surface area contributed by atoms with Gasteiger partial charge in [-0.15, -0.1) is 11.3 Å². The number of nitrogens with two attached hydrogens (primary N) is 1. The third kappa shape index (κ3) is 2.24. The van der Waals surface area contributed by atoms with Gasteiger partial charge >= 0.3 is 0 Å². The van der Waals surface area contributed by atoms with Crippen LogP contribution in [0.25, 0.3) is 27.2 Å². The summed E-state index contributed by atoms with van der Waals surface area (Å²) in [6, 6.07) is 16.5. The van der Waals surface area contributed by atoms with Crippen LogP contribution >= 0.6 is 11.3 Å². The Labute approximate surface area is 136 Å². The normalized spacial score (nSPS) is 10.7. The first kappa shape index (κ1) is 13.5. The molecule has 0 spiro atoms. The summed E-state index contributed by atoms with van der Waals surface area (Å²) >= 11 is 1.44. The molecule has 0 saturated heterocycles. The van der Waals surface area contributed by atoms with Crippen molar-refractivity contribution in [3.05, 3.63) is 59.6 Å². The molecule has 0 aliphatic rings. The van der Waals surface area contributed by atoms with Crippen molar-refractivity contribution in [2.45, 2.75) is 0 Å². The van der Waals surface area contributed by atoms with E-state index in [0.717, 1.165) is 11.3 Å². The summed E-state index contributed by atoms with van der Waals surface area (Å²) in [6.07, 6.45) is 1.45. The highest BCUT2D eigenvalue weighted by molar-refractivity contribution is 7.12. The van der Waals surface area contributed by atoms with Crippen molar-refractivity contribution in [2.75, 3.05) is 5.73 Å². The number of nitrogen functional groups attached to an aromatic ring is 1. The Morgan fingerprint density at radius 3 is 2.74 bits per heavy atom. The number of fused-ring (bicyclic) bond motifs is 1. The first-order valence-electron chi connectivity index (χ1n) is 6.95. The van der Waals surface area contributed by atoms with E-state index in [-0.39, 0.29) is 0 Å². The fourth-order valence-corrected chi connectivity index (χ4v) is 3.24. The van der Waals surface area contributed by atoms with Crippen molar-refractivity contribution >= 4 is 27.9 Å². The lowest BCUT2D eigenvalue weighted by Crippen LogP contribution is -2.01. The number of thiazole rings is 1. The van der Waals surface area contributed by atoms with Crippen molar-refractivity contribution in [1.82, 2.24) is 14.8 Å². The van der Waals surface area contributed by atoms with Gasteiger partial charge in [-0.05, 0) is 16.8 Å². The number of hydrogen-bond donors (Lipinski definition) is 1. The summed E-state index contributed by atoms with van der Waals surface area (Å²) in [5.41, 5.74) is 8.17. The molecule has 4 rings (SSSR count). The summed E-state index contributed by atoms with van der Waals surface area (Å²) < 4.78 is 1.49. The highest BCUT2D eigenvalue weighted by Gasteiger charge is 2.12. The number of benzene rings is 2. The molecule has 5 nitrogen and oxygen atoms in total. The number of anilines is 1. The van der Waals surface area contributed by atoms with Gasteiger partial charge < -0.3 is 5.73 Å². The zero-order valence-corrected chi connectivity index (χ0v) is 12.8. The number of rotatable bonds is 2. The van der Waals surface area contributed by atoms with Crippen LogP contribution in [0.4, 0.5) is 5.82 Å². The average Bonchev–Trinajstić information content (AvgIpc) is 3.21. The Balaban J connectivity index is 1.77. The number of aromatic nitrogens is 3. The second kappa shape index (κ2) is 5.23. The number of nitrogens with zero attached hydrogens (tertiary/aromatic N) is 4. The summed E-state index contributed by atoms with van der Waals surface area (Å²) in [6.45, 7) is 0. The van der Waals surface area contributed by atoms with E-state index in [2.05, 4.69) is 34.3 Å². The molecular formula is C17H11N5S. The molecule has 6 heteroatoms. The van der Waals surface area contributed by atoms with Crippen LogP contribution in [0.2, 0.25) is 0 Å². The highest BCUT2D eigenvalue weighted by Crippen LogP contribution is 2.28. The molecule has 0 saturated carbocycles. The molecule has 0 bridgehead atoms. The van der Waals surface area contributed by atoms with E-state index in [1.165, 1.54) is 33.0 Å². The summed E-state index contributed by atoms with van der Waals surface area (Å²) in [5.74, 6) is 0.312. The van der Waals surface area contributed by atoms with E-state index < -0.39 is 0 Å². The van der Waals surface area contributed by atoms with Crippen molar-refractivity contribution < 1.29 is 0 Å². The van der Waals surface area contributed by atoms with E-state index in [0.29, 0.717) is 16.5 Å². The molecule has 0 radical (unpaired) electrons. The second-order valence-corrected chi connectivity index (χ2v) is 5.88. The summed E-state index contributed by atoms with van der Waals surface area (Å²) in [4.78, 5) is 4.60. The van der Waals surface area contributed by atoms with Gasteiger partial charge in [-0.3, -0.25) is 0 Å². The number of hydrogen-bond acceptors (Lipinski definition) is 5. The molecule has 0 aliphatic carbocycles. The van der Waals surface area contributed by atoms with Gasteiger partial charge in [0.25, 0.3) is 0 Å². The van der Waals surface area contributed by atoms with Crippen molar-refractivity contribution in [1.29, 1.82) is 5.26 Å². The van der Waals surface area contributed by atoms with Crippen LogP contribution in [0, 0.1) is 11.3 Å². The Morgan fingerprint density at radius 2 is 1.96 bits per heavy atom. The van der Waals surface area contributed by atoms with Crippen LogP contribution in [0.3, 0.4) is 0 Å². The molecule has 0 aliphatic heterocycles. The fourth-order valence-electron chi connectivity index (χ4n) is 2.44. The largest absolute Gasteiger partial charge is 0.382 e. The van der Waals surface area contributed by atoms with Crippen LogP contribution in [-0.4, -0.2) is 14.8 Å². The molecule has 2 N–H and O–H groups in total. The first-order valence-corrected chi connectivity index (χ1v) is 7.83. The summed E-state index contributed by atoms with van der Waals surface area (Å²) in [7, 11) is 0. The molecule has 2 aromatic heterocycles. The molecule has 23 heavy (non-hydrogen) atoms. The zero-order chi connectivity index (χ0) is 15.8. The van der Waals surface area contributed by atoms with E-state index in [9.17, 15) is 0 Å². The monoisotopic (exact) mass is 317 g/mol. The Bertz CT molecular complexity index is 1050. The third-order valence-corrected chi connectivity index (χ3v) is 4.46. The van der Waals surface area contributed by atoms with Gasteiger partial charge in [0.15, 0.2) is 0 Å². The molecule has 4 aromatic rings. The zero-order valence-electron chi connectivity index (χ0n) is 12.0. The molecular weight excluding hydrogens is 306 g/mol. The van der Waals surface area contributed by atoms with Gasteiger partial charge in [-0.2, -0.15) is 15.0 Å². The molecule has 0 amide bonds. The topological polar surface area (TPSA) is 80.5 Å². The van der Waals surface area contributed by atoms with Crippen LogP contribution in [0.15, 0.2) is 54.0 Å². The quantitative estimate of drug-likeness (QED) is 0.612. The van der Waals surface area contributed by atoms with Crippen molar-refractivity contribution in [2.24, 2.45) is 0 Å². The molecule has 110 valence electrons.